The number of aryl methyl sites for hydroxylation is 6. The monoisotopic (exact) mass is 720 g/mol. The van der Waals surface area contributed by atoms with E-state index in [1.165, 1.54) is 55.6 Å². The summed E-state index contributed by atoms with van der Waals surface area (Å²) < 4.78 is 1.62. The summed E-state index contributed by atoms with van der Waals surface area (Å²) in [5.74, 6) is 2.41. The SMILES string of the molecule is CCc1cccc(-[c-]2c(C)ccc2C)c1.CCc1cccc(-[c-]2c(C)ccc2C)c1.[CH3][Ge](=[Zr+2])[c]1ccccc1.[Cl-].[Cl-]. The molecule has 41 heavy (non-hydrogen) atoms. The number of halogens is 2. The molecule has 0 bridgehead atoms. The number of hydrogen-bond acceptors (Lipinski definition) is 0. The van der Waals surface area contributed by atoms with Crippen LogP contribution in [0, 0.1) is 27.7 Å². The zero-order valence-corrected chi connectivity index (χ0v) is 31.6. The first-order valence-corrected chi connectivity index (χ1v) is 24.6. The van der Waals surface area contributed by atoms with Crippen LogP contribution in [0.3, 0.4) is 0 Å². The molecule has 0 radical (unpaired) electrons. The van der Waals surface area contributed by atoms with E-state index in [4.69, 9.17) is 0 Å². The first-order valence-electron chi connectivity index (χ1n) is 14.0. The van der Waals surface area contributed by atoms with E-state index >= 15 is 0 Å². The Morgan fingerprint density at radius 3 is 1.20 bits per heavy atom. The van der Waals surface area contributed by atoms with Crippen molar-refractivity contribution in [3.63, 3.8) is 0 Å². The molecule has 5 aromatic carbocycles. The van der Waals surface area contributed by atoms with Gasteiger partial charge in [0.2, 0.25) is 0 Å². The summed E-state index contributed by atoms with van der Waals surface area (Å²) in [6, 6.07) is 37.3. The number of benzene rings is 3. The Morgan fingerprint density at radius 1 is 0.537 bits per heavy atom. The van der Waals surface area contributed by atoms with Crippen molar-refractivity contribution in [2.45, 2.75) is 60.1 Å². The van der Waals surface area contributed by atoms with Gasteiger partial charge in [0.05, 0.1) is 0 Å². The summed E-state index contributed by atoms with van der Waals surface area (Å²) in [5.41, 5.74) is 13.8. The van der Waals surface area contributed by atoms with Gasteiger partial charge < -0.3 is 24.8 Å². The Balaban J connectivity index is 0.000000310. The van der Waals surface area contributed by atoms with E-state index in [2.05, 4.69) is 150 Å². The topological polar surface area (TPSA) is 0 Å². The smallest absolute Gasteiger partial charge is 1.00 e. The van der Waals surface area contributed by atoms with Crippen LogP contribution >= 0.6 is 0 Å². The molecule has 0 fully saturated rings. The van der Waals surface area contributed by atoms with Gasteiger partial charge in [0, 0.05) is 0 Å². The molecule has 0 aliphatic heterocycles. The van der Waals surface area contributed by atoms with E-state index in [0.29, 0.717) is 0 Å². The van der Waals surface area contributed by atoms with E-state index in [-0.39, 0.29) is 24.8 Å². The van der Waals surface area contributed by atoms with E-state index < -0.39 is 9.98 Å². The molecule has 5 aromatic rings. The molecule has 0 heterocycles. The Bertz CT molecular complexity index is 1370. The Morgan fingerprint density at radius 2 is 0.902 bits per heavy atom. The standard InChI is InChI=1S/2C15H17.C7H8Ge.2ClH.Zr/c2*1-4-13-6-5-7-14(10-13)15-11(2)8-9-12(15)3;1-8-7-5-3-2-4-6-7;;;/h2*5-10H,4H2,1-3H3;2-6H,1H3;2*1H;/q2*-1;;;;+2/p-2. The average molecular weight is 721 g/mol. The molecule has 0 spiro atoms. The largest absolute Gasteiger partial charge is 1.00 e. The van der Waals surface area contributed by atoms with Gasteiger partial charge in [-0.15, -0.1) is 81.9 Å². The molecular weight excluding hydrogens is 679 g/mol. The van der Waals surface area contributed by atoms with Crippen molar-refractivity contribution >= 4 is 14.4 Å². The quantitative estimate of drug-likeness (QED) is 0.193. The van der Waals surface area contributed by atoms with E-state index in [0.717, 1.165) is 12.8 Å². The van der Waals surface area contributed by atoms with Crippen LogP contribution in [0.1, 0.15) is 47.2 Å². The summed E-state index contributed by atoms with van der Waals surface area (Å²) in [4.78, 5) is 0. The predicted octanol–water partition coefficient (Wildman–Crippen LogP) is 3.57. The van der Waals surface area contributed by atoms with Crippen LogP contribution in [0.15, 0.2) is 103 Å². The molecule has 0 N–H and O–H groups in total. The fraction of sp³-hybridized carbons (Fsp3) is 0.243. The van der Waals surface area contributed by atoms with Crippen molar-refractivity contribution in [1.82, 2.24) is 0 Å². The van der Waals surface area contributed by atoms with Gasteiger partial charge in [0.1, 0.15) is 0 Å². The molecule has 214 valence electrons. The van der Waals surface area contributed by atoms with Crippen LogP contribution in [0.25, 0.3) is 22.3 Å². The minimum atomic E-state index is -0.676. The fourth-order valence-corrected chi connectivity index (χ4v) is 8.53. The third kappa shape index (κ3) is 10.9. The fourth-order valence-electron chi connectivity index (χ4n) is 4.95. The minimum absolute atomic E-state index is 0. The van der Waals surface area contributed by atoms with Crippen LogP contribution in [-0.2, 0) is 34.4 Å². The van der Waals surface area contributed by atoms with E-state index in [9.17, 15) is 0 Å². The zero-order chi connectivity index (χ0) is 28.4. The van der Waals surface area contributed by atoms with E-state index in [1.54, 1.807) is 26.0 Å². The van der Waals surface area contributed by atoms with Gasteiger partial charge in [-0.25, -0.2) is 0 Å². The van der Waals surface area contributed by atoms with Crippen LogP contribution in [-0.4, -0.2) is 9.98 Å². The summed E-state index contributed by atoms with van der Waals surface area (Å²) in [5, 5.41) is 0. The van der Waals surface area contributed by atoms with Crippen LogP contribution in [0.2, 0.25) is 5.76 Å². The second-order valence-electron chi connectivity index (χ2n) is 10.2. The van der Waals surface area contributed by atoms with Gasteiger partial charge in [-0.1, -0.05) is 88.1 Å². The molecule has 0 aromatic heterocycles. The second-order valence-corrected chi connectivity index (χ2v) is 23.7. The van der Waals surface area contributed by atoms with Crippen molar-refractivity contribution in [3.8, 4) is 22.3 Å². The van der Waals surface area contributed by atoms with Crippen molar-refractivity contribution in [2.75, 3.05) is 0 Å². The van der Waals surface area contributed by atoms with Crippen LogP contribution < -0.4 is 29.2 Å². The molecule has 4 heteroatoms. The molecule has 5 rings (SSSR count). The predicted molar refractivity (Wildman–Crippen MR) is 170 cm³/mol. The van der Waals surface area contributed by atoms with E-state index in [1.807, 2.05) is 0 Å². The molecule has 0 atom stereocenters. The molecule has 0 aliphatic carbocycles. The first kappa shape index (κ1) is 37.4. The summed E-state index contributed by atoms with van der Waals surface area (Å²) >= 11 is 1.76. The molecular formula is C37H42Cl2GeZr-2. The Kier molecular flexibility index (Phi) is 17.2. The zero-order valence-electron chi connectivity index (χ0n) is 25.5. The van der Waals surface area contributed by atoms with Crippen LogP contribution in [0.5, 0.6) is 0 Å². The number of rotatable bonds is 5. The number of hydrogen-bond donors (Lipinski definition) is 0. The van der Waals surface area contributed by atoms with Gasteiger partial charge in [0.15, 0.2) is 0 Å². The van der Waals surface area contributed by atoms with Gasteiger partial charge in [-0.3, -0.25) is 0 Å². The van der Waals surface area contributed by atoms with Gasteiger partial charge in [-0.05, 0) is 12.8 Å². The van der Waals surface area contributed by atoms with Crippen molar-refractivity contribution in [3.05, 3.63) is 137 Å². The minimum Gasteiger partial charge on any atom is -1.00 e. The summed E-state index contributed by atoms with van der Waals surface area (Å²) in [7, 11) is -0.676. The third-order valence-corrected chi connectivity index (χ3v) is 13.4. The maximum Gasteiger partial charge on any atom is -1.00 e. The summed E-state index contributed by atoms with van der Waals surface area (Å²) in [6.07, 6.45) is 2.21. The van der Waals surface area contributed by atoms with Crippen LogP contribution in [0.4, 0.5) is 0 Å². The van der Waals surface area contributed by atoms with Gasteiger partial charge in [0.25, 0.3) is 0 Å². The van der Waals surface area contributed by atoms with Crippen molar-refractivity contribution in [2.24, 2.45) is 0 Å². The summed E-state index contributed by atoms with van der Waals surface area (Å²) in [6.45, 7) is 13.1. The Labute approximate surface area is 277 Å². The maximum absolute atomic E-state index is 2.41. The van der Waals surface area contributed by atoms with Gasteiger partial charge >= 0.3 is 72.1 Å². The van der Waals surface area contributed by atoms with Crippen molar-refractivity contribution in [1.29, 1.82) is 0 Å². The van der Waals surface area contributed by atoms with Gasteiger partial charge in [-0.2, -0.15) is 0 Å². The first-order chi connectivity index (χ1) is 18.7. The molecule has 0 amide bonds. The molecule has 0 aliphatic rings. The molecule has 0 unspecified atom stereocenters. The second kappa shape index (κ2) is 18.8. The third-order valence-electron chi connectivity index (χ3n) is 7.20. The maximum atomic E-state index is 2.41. The normalized spacial score (nSPS) is 9.78. The molecule has 0 nitrogen and oxygen atoms in total. The molecule has 0 saturated heterocycles. The molecule has 0 saturated carbocycles. The Hall–Kier alpha value is -1.63. The van der Waals surface area contributed by atoms with Crippen molar-refractivity contribution < 1.29 is 46.4 Å². The average Bonchev–Trinajstić information content (AvgIpc) is 3.48.